The zero-order valence-corrected chi connectivity index (χ0v) is 9.58. The second kappa shape index (κ2) is 5.82. The fourth-order valence-corrected chi connectivity index (χ4v) is 2.30. The van der Waals surface area contributed by atoms with Gasteiger partial charge in [-0.3, -0.25) is 0 Å². The molecule has 0 fully saturated rings. The second-order valence-corrected chi connectivity index (χ2v) is 5.30. The minimum absolute atomic E-state index is 0.0471. The van der Waals surface area contributed by atoms with Crippen molar-refractivity contribution in [2.24, 2.45) is 0 Å². The molecule has 0 radical (unpaired) electrons. The topological polar surface area (TPSA) is 78.4 Å². The maximum Gasteiger partial charge on any atom is 0.276 e. The summed E-state index contributed by atoms with van der Waals surface area (Å²) in [5.41, 5.74) is 0. The molecule has 0 spiro atoms. The molecule has 0 aliphatic heterocycles. The van der Waals surface area contributed by atoms with E-state index in [2.05, 4.69) is 9.44 Å². The van der Waals surface area contributed by atoms with Crippen LogP contribution in [0.5, 0.6) is 0 Å². The number of nitrogens with one attached hydrogen (secondary N) is 2. The summed E-state index contributed by atoms with van der Waals surface area (Å²) in [6, 6.07) is -0.294. The molecule has 0 aromatic rings. The van der Waals surface area contributed by atoms with Crippen LogP contribution >= 0.6 is 11.8 Å². The molecule has 0 bridgehead atoms. The number of rotatable bonds is 6. The Hall–Kier alpha value is 0.180. The summed E-state index contributed by atoms with van der Waals surface area (Å²) in [6.45, 7) is 1.67. The van der Waals surface area contributed by atoms with Gasteiger partial charge in [0.15, 0.2) is 0 Å². The van der Waals surface area contributed by atoms with Crippen molar-refractivity contribution in [3.05, 3.63) is 0 Å². The van der Waals surface area contributed by atoms with Crippen molar-refractivity contribution in [3.63, 3.8) is 0 Å². The van der Waals surface area contributed by atoms with E-state index in [-0.39, 0.29) is 17.9 Å². The lowest BCUT2D eigenvalue weighted by Gasteiger charge is -2.20. The third-order valence-electron chi connectivity index (χ3n) is 1.65. The lowest BCUT2D eigenvalue weighted by Crippen LogP contribution is -2.45. The van der Waals surface area contributed by atoms with Crippen LogP contribution < -0.4 is 9.44 Å². The molecular formula is C6H16N2O3S2. The Bertz CT molecular complexity index is 226. The van der Waals surface area contributed by atoms with Gasteiger partial charge in [-0.05, 0) is 13.2 Å². The van der Waals surface area contributed by atoms with E-state index >= 15 is 0 Å². The molecule has 0 saturated carbocycles. The fraction of sp³-hybridized carbons (Fsp3) is 1.00. The van der Waals surface area contributed by atoms with Crippen molar-refractivity contribution in [2.45, 2.75) is 18.2 Å². The predicted molar refractivity (Wildman–Crippen MR) is 55.0 cm³/mol. The first-order valence-corrected chi connectivity index (χ1v) is 6.58. The van der Waals surface area contributed by atoms with E-state index in [1.807, 2.05) is 6.26 Å². The number of aliphatic hydroxyl groups excluding tert-OH is 1. The summed E-state index contributed by atoms with van der Waals surface area (Å²) in [7, 11) is -2.07. The minimum atomic E-state index is -3.41. The van der Waals surface area contributed by atoms with Gasteiger partial charge in [0.1, 0.15) is 0 Å². The molecule has 0 saturated heterocycles. The Labute approximate surface area is 83.5 Å². The maximum absolute atomic E-state index is 11.0. The molecule has 5 nitrogen and oxygen atoms in total. The van der Waals surface area contributed by atoms with Crippen molar-refractivity contribution >= 4 is 22.0 Å². The first-order chi connectivity index (χ1) is 5.96. The molecule has 80 valence electrons. The van der Waals surface area contributed by atoms with E-state index in [1.165, 1.54) is 18.8 Å². The lowest BCUT2D eigenvalue weighted by atomic mass is 10.3. The van der Waals surface area contributed by atoms with E-state index in [0.717, 1.165) is 0 Å². The molecular weight excluding hydrogens is 212 g/mol. The smallest absolute Gasteiger partial charge is 0.276 e. The summed E-state index contributed by atoms with van der Waals surface area (Å²) < 4.78 is 26.6. The zero-order valence-electron chi connectivity index (χ0n) is 7.94. The Morgan fingerprint density at radius 2 is 2.08 bits per heavy atom. The van der Waals surface area contributed by atoms with Crippen LogP contribution in [0.15, 0.2) is 0 Å². The van der Waals surface area contributed by atoms with Crippen LogP contribution in [0.2, 0.25) is 0 Å². The van der Waals surface area contributed by atoms with Gasteiger partial charge in [-0.15, -0.1) is 0 Å². The van der Waals surface area contributed by atoms with Crippen LogP contribution in [0, 0.1) is 0 Å². The van der Waals surface area contributed by atoms with Gasteiger partial charge in [0, 0.05) is 18.3 Å². The van der Waals surface area contributed by atoms with Gasteiger partial charge in [0.25, 0.3) is 10.2 Å². The molecule has 2 unspecified atom stereocenters. The van der Waals surface area contributed by atoms with Crippen LogP contribution in [0.4, 0.5) is 0 Å². The number of aliphatic hydroxyl groups is 1. The van der Waals surface area contributed by atoms with Crippen LogP contribution in [0.25, 0.3) is 0 Å². The van der Waals surface area contributed by atoms with Gasteiger partial charge in [0.05, 0.1) is 6.61 Å². The summed E-state index contributed by atoms with van der Waals surface area (Å²) in [4.78, 5) is 0. The third kappa shape index (κ3) is 4.82. The van der Waals surface area contributed by atoms with Gasteiger partial charge in [-0.25, -0.2) is 4.72 Å². The first-order valence-electron chi connectivity index (χ1n) is 3.81. The van der Waals surface area contributed by atoms with Crippen LogP contribution in [-0.2, 0) is 10.2 Å². The van der Waals surface area contributed by atoms with Gasteiger partial charge in [0.2, 0.25) is 0 Å². The van der Waals surface area contributed by atoms with Gasteiger partial charge < -0.3 is 5.11 Å². The Morgan fingerprint density at radius 3 is 2.38 bits per heavy atom. The highest BCUT2D eigenvalue weighted by Crippen LogP contribution is 2.10. The molecule has 2 atom stereocenters. The average molecular weight is 228 g/mol. The highest BCUT2D eigenvalue weighted by atomic mass is 32.2. The van der Waals surface area contributed by atoms with E-state index < -0.39 is 10.2 Å². The van der Waals surface area contributed by atoms with E-state index in [0.29, 0.717) is 0 Å². The lowest BCUT2D eigenvalue weighted by molar-refractivity contribution is 0.282. The van der Waals surface area contributed by atoms with Crippen molar-refractivity contribution in [3.8, 4) is 0 Å². The maximum atomic E-state index is 11.0. The Balaban J connectivity index is 4.21. The monoisotopic (exact) mass is 228 g/mol. The fourth-order valence-electron chi connectivity index (χ4n) is 0.816. The highest BCUT2D eigenvalue weighted by molar-refractivity contribution is 7.99. The largest absolute Gasteiger partial charge is 0.395 e. The number of hydrogen-bond acceptors (Lipinski definition) is 4. The minimum Gasteiger partial charge on any atom is -0.395 e. The Morgan fingerprint density at radius 1 is 1.54 bits per heavy atom. The molecule has 0 aromatic carbocycles. The summed E-state index contributed by atoms with van der Waals surface area (Å²) in [5, 5.41) is 8.77. The Kier molecular flexibility index (Phi) is 5.90. The van der Waals surface area contributed by atoms with Crippen LogP contribution in [-0.4, -0.2) is 44.7 Å². The SMILES string of the molecule is CNS(=O)(=O)NC(C)C(CO)SC. The zero-order chi connectivity index (χ0) is 10.5. The molecule has 13 heavy (non-hydrogen) atoms. The van der Waals surface area contributed by atoms with Crippen molar-refractivity contribution in [2.75, 3.05) is 19.9 Å². The summed E-state index contributed by atoms with van der Waals surface area (Å²) in [6.07, 6.45) is 1.82. The molecule has 0 aromatic heterocycles. The molecule has 3 N–H and O–H groups in total. The highest BCUT2D eigenvalue weighted by Gasteiger charge is 2.19. The molecule has 0 aliphatic rings. The third-order valence-corrected chi connectivity index (χ3v) is 4.03. The van der Waals surface area contributed by atoms with Gasteiger partial charge in [-0.1, -0.05) is 0 Å². The molecule has 0 amide bonds. The van der Waals surface area contributed by atoms with Crippen LogP contribution in [0.3, 0.4) is 0 Å². The molecule has 0 heterocycles. The first kappa shape index (κ1) is 13.2. The molecule has 0 aliphatic carbocycles. The standard InChI is InChI=1S/C6H16N2O3S2/c1-5(6(4-9)12-3)8-13(10,11)7-2/h5-9H,4H2,1-3H3. The van der Waals surface area contributed by atoms with Gasteiger partial charge in [-0.2, -0.15) is 24.9 Å². The number of thioether (sulfide) groups is 1. The average Bonchev–Trinajstić information content (AvgIpc) is 2.06. The summed E-state index contributed by atoms with van der Waals surface area (Å²) >= 11 is 1.42. The van der Waals surface area contributed by atoms with E-state index in [9.17, 15) is 8.42 Å². The van der Waals surface area contributed by atoms with Crippen LogP contribution in [0.1, 0.15) is 6.92 Å². The van der Waals surface area contributed by atoms with Gasteiger partial charge >= 0.3 is 0 Å². The normalized spacial score (nSPS) is 16.9. The van der Waals surface area contributed by atoms with Crippen molar-refractivity contribution < 1.29 is 13.5 Å². The van der Waals surface area contributed by atoms with E-state index in [4.69, 9.17) is 5.11 Å². The molecule has 7 heteroatoms. The number of hydrogen-bond donors (Lipinski definition) is 3. The predicted octanol–water partition coefficient (Wildman–Crippen LogP) is -0.847. The van der Waals surface area contributed by atoms with E-state index in [1.54, 1.807) is 6.92 Å². The second-order valence-electron chi connectivity index (χ2n) is 2.57. The summed E-state index contributed by atoms with van der Waals surface area (Å²) in [5.74, 6) is 0. The van der Waals surface area contributed by atoms with Crippen molar-refractivity contribution in [1.82, 2.24) is 9.44 Å². The molecule has 0 rings (SSSR count). The van der Waals surface area contributed by atoms with Crippen molar-refractivity contribution in [1.29, 1.82) is 0 Å². The quantitative estimate of drug-likeness (QED) is 0.553.